The normalized spacial score (nSPS) is 11.6. The van der Waals surface area contributed by atoms with Crippen LogP contribution in [0.5, 0.6) is 5.75 Å². The standard InChI is InChI=1S/C10H11F4NO2/c11-9-3-8(2-1-7(9)4-15)17-6-16-5-10(12,13)14/h1-3H,4-6,15H2. The van der Waals surface area contributed by atoms with Crippen molar-refractivity contribution in [3.05, 3.63) is 29.6 Å². The second kappa shape index (κ2) is 5.83. The smallest absolute Gasteiger partial charge is 0.411 e. The van der Waals surface area contributed by atoms with Crippen LogP contribution in [0.1, 0.15) is 5.56 Å². The van der Waals surface area contributed by atoms with Crippen LogP contribution < -0.4 is 10.5 Å². The van der Waals surface area contributed by atoms with Gasteiger partial charge in [0.05, 0.1) is 0 Å². The molecule has 1 aromatic carbocycles. The molecule has 7 heteroatoms. The van der Waals surface area contributed by atoms with Crippen molar-refractivity contribution in [3.63, 3.8) is 0 Å². The molecule has 0 radical (unpaired) electrons. The van der Waals surface area contributed by atoms with Gasteiger partial charge in [-0.3, -0.25) is 0 Å². The molecular formula is C10H11F4NO2. The Bertz CT molecular complexity index is 368. The maximum atomic E-state index is 13.2. The van der Waals surface area contributed by atoms with E-state index in [2.05, 4.69) is 4.74 Å². The number of halogens is 4. The van der Waals surface area contributed by atoms with E-state index in [1.165, 1.54) is 12.1 Å². The van der Waals surface area contributed by atoms with E-state index in [0.29, 0.717) is 5.56 Å². The minimum Gasteiger partial charge on any atom is -0.467 e. The molecule has 3 nitrogen and oxygen atoms in total. The lowest BCUT2D eigenvalue weighted by Crippen LogP contribution is -2.19. The molecule has 0 heterocycles. The molecule has 0 aliphatic rings. The number of alkyl halides is 3. The van der Waals surface area contributed by atoms with Crippen molar-refractivity contribution >= 4 is 0 Å². The van der Waals surface area contributed by atoms with E-state index in [1.807, 2.05) is 0 Å². The summed E-state index contributed by atoms with van der Waals surface area (Å²) in [6.07, 6.45) is -4.40. The third-order valence-corrected chi connectivity index (χ3v) is 1.82. The fourth-order valence-electron chi connectivity index (χ4n) is 1.05. The van der Waals surface area contributed by atoms with E-state index < -0.39 is 25.4 Å². The van der Waals surface area contributed by atoms with Gasteiger partial charge in [-0.15, -0.1) is 0 Å². The van der Waals surface area contributed by atoms with Gasteiger partial charge < -0.3 is 15.2 Å². The van der Waals surface area contributed by atoms with Crippen molar-refractivity contribution in [3.8, 4) is 5.75 Å². The Hall–Kier alpha value is -1.34. The molecule has 96 valence electrons. The monoisotopic (exact) mass is 253 g/mol. The van der Waals surface area contributed by atoms with Crippen LogP contribution in [0.25, 0.3) is 0 Å². The highest BCUT2D eigenvalue weighted by Crippen LogP contribution is 2.17. The zero-order chi connectivity index (χ0) is 12.9. The molecule has 0 saturated carbocycles. The van der Waals surface area contributed by atoms with Crippen LogP contribution in [0.4, 0.5) is 17.6 Å². The van der Waals surface area contributed by atoms with E-state index >= 15 is 0 Å². The Morgan fingerprint density at radius 2 is 1.94 bits per heavy atom. The summed E-state index contributed by atoms with van der Waals surface area (Å²) < 4.78 is 57.2. The van der Waals surface area contributed by atoms with Crippen molar-refractivity contribution in [1.29, 1.82) is 0 Å². The molecule has 0 bridgehead atoms. The summed E-state index contributed by atoms with van der Waals surface area (Å²) >= 11 is 0. The Morgan fingerprint density at radius 1 is 1.24 bits per heavy atom. The molecule has 2 N–H and O–H groups in total. The number of rotatable bonds is 5. The molecule has 17 heavy (non-hydrogen) atoms. The second-order valence-electron chi connectivity index (χ2n) is 3.18. The summed E-state index contributed by atoms with van der Waals surface area (Å²) in [6, 6.07) is 3.84. The number of benzene rings is 1. The van der Waals surface area contributed by atoms with Crippen LogP contribution in [-0.2, 0) is 11.3 Å². The zero-order valence-corrected chi connectivity index (χ0v) is 8.76. The summed E-state index contributed by atoms with van der Waals surface area (Å²) in [5.41, 5.74) is 5.54. The molecule has 0 unspecified atom stereocenters. The molecule has 0 atom stereocenters. The quantitative estimate of drug-likeness (QED) is 0.497. The van der Waals surface area contributed by atoms with Gasteiger partial charge in [0.15, 0.2) is 6.79 Å². The number of ether oxygens (including phenoxy) is 2. The van der Waals surface area contributed by atoms with Crippen LogP contribution in [0, 0.1) is 5.82 Å². The third kappa shape index (κ3) is 5.01. The van der Waals surface area contributed by atoms with Gasteiger partial charge in [0.25, 0.3) is 0 Å². The summed E-state index contributed by atoms with van der Waals surface area (Å²) in [4.78, 5) is 0. The van der Waals surface area contributed by atoms with Crippen molar-refractivity contribution in [2.45, 2.75) is 12.7 Å². The Balaban J connectivity index is 2.40. The predicted molar refractivity (Wildman–Crippen MR) is 51.8 cm³/mol. The van der Waals surface area contributed by atoms with Crippen LogP contribution in [-0.4, -0.2) is 19.6 Å². The average molecular weight is 253 g/mol. The molecule has 0 saturated heterocycles. The lowest BCUT2D eigenvalue weighted by Gasteiger charge is -2.10. The highest BCUT2D eigenvalue weighted by atomic mass is 19.4. The van der Waals surface area contributed by atoms with Gasteiger partial charge in [-0.1, -0.05) is 6.07 Å². The van der Waals surface area contributed by atoms with Gasteiger partial charge in [-0.05, 0) is 6.07 Å². The molecule has 0 aliphatic heterocycles. The van der Waals surface area contributed by atoms with Crippen LogP contribution >= 0.6 is 0 Å². The molecule has 1 aromatic rings. The van der Waals surface area contributed by atoms with E-state index in [-0.39, 0.29) is 12.3 Å². The third-order valence-electron chi connectivity index (χ3n) is 1.82. The summed E-state index contributed by atoms with van der Waals surface area (Å²) in [7, 11) is 0. The minimum atomic E-state index is -4.40. The second-order valence-corrected chi connectivity index (χ2v) is 3.18. The summed E-state index contributed by atoms with van der Waals surface area (Å²) in [5, 5.41) is 0. The maximum Gasteiger partial charge on any atom is 0.411 e. The topological polar surface area (TPSA) is 44.5 Å². The fourth-order valence-corrected chi connectivity index (χ4v) is 1.05. The maximum absolute atomic E-state index is 13.2. The first-order valence-electron chi connectivity index (χ1n) is 4.68. The van der Waals surface area contributed by atoms with Gasteiger partial charge in [-0.25, -0.2) is 4.39 Å². The molecule has 0 spiro atoms. The largest absolute Gasteiger partial charge is 0.467 e. The average Bonchev–Trinajstić information content (AvgIpc) is 2.23. The molecular weight excluding hydrogens is 242 g/mol. The Labute approximate surface area is 95.1 Å². The number of hydrogen-bond donors (Lipinski definition) is 1. The zero-order valence-electron chi connectivity index (χ0n) is 8.76. The summed E-state index contributed by atoms with van der Waals surface area (Å²) in [5.74, 6) is -0.484. The van der Waals surface area contributed by atoms with Crippen molar-refractivity contribution < 1.29 is 27.0 Å². The Kier molecular flexibility index (Phi) is 4.71. The van der Waals surface area contributed by atoms with Gasteiger partial charge in [-0.2, -0.15) is 13.2 Å². The predicted octanol–water partition coefficient (Wildman–Crippen LogP) is 2.20. The van der Waals surface area contributed by atoms with Crippen LogP contribution in [0.15, 0.2) is 18.2 Å². The van der Waals surface area contributed by atoms with Gasteiger partial charge in [0.1, 0.15) is 18.2 Å². The van der Waals surface area contributed by atoms with Gasteiger partial charge in [0.2, 0.25) is 0 Å². The highest BCUT2D eigenvalue weighted by molar-refractivity contribution is 5.28. The van der Waals surface area contributed by atoms with E-state index in [1.54, 1.807) is 0 Å². The molecule has 0 fully saturated rings. The first-order valence-corrected chi connectivity index (χ1v) is 4.68. The first-order chi connectivity index (χ1) is 7.92. The van der Waals surface area contributed by atoms with E-state index in [4.69, 9.17) is 10.5 Å². The van der Waals surface area contributed by atoms with Gasteiger partial charge in [0, 0.05) is 18.2 Å². The molecule has 1 rings (SSSR count). The number of nitrogens with two attached hydrogens (primary N) is 1. The van der Waals surface area contributed by atoms with Crippen LogP contribution in [0.2, 0.25) is 0 Å². The Morgan fingerprint density at radius 3 is 2.47 bits per heavy atom. The van der Waals surface area contributed by atoms with E-state index in [9.17, 15) is 17.6 Å². The molecule has 0 aromatic heterocycles. The SMILES string of the molecule is NCc1ccc(OCOCC(F)(F)F)cc1F. The van der Waals surface area contributed by atoms with Crippen molar-refractivity contribution in [2.24, 2.45) is 5.73 Å². The lowest BCUT2D eigenvalue weighted by molar-refractivity contribution is -0.186. The molecule has 0 amide bonds. The van der Waals surface area contributed by atoms with Gasteiger partial charge >= 0.3 is 6.18 Å². The minimum absolute atomic E-state index is 0.0384. The summed E-state index contributed by atoms with van der Waals surface area (Å²) in [6.45, 7) is -1.96. The van der Waals surface area contributed by atoms with E-state index in [0.717, 1.165) is 6.07 Å². The van der Waals surface area contributed by atoms with Crippen LogP contribution in [0.3, 0.4) is 0 Å². The first kappa shape index (κ1) is 13.7. The van der Waals surface area contributed by atoms with Crippen molar-refractivity contribution in [2.75, 3.05) is 13.4 Å². The number of hydrogen-bond acceptors (Lipinski definition) is 3. The fraction of sp³-hybridized carbons (Fsp3) is 0.400. The lowest BCUT2D eigenvalue weighted by atomic mass is 10.2. The molecule has 0 aliphatic carbocycles. The highest BCUT2D eigenvalue weighted by Gasteiger charge is 2.27. The van der Waals surface area contributed by atoms with Crippen molar-refractivity contribution in [1.82, 2.24) is 0 Å².